The summed E-state index contributed by atoms with van der Waals surface area (Å²) in [6, 6.07) is 0. The Balaban J connectivity index is 0. The highest BCUT2D eigenvalue weighted by atomic mass is 16.3. The van der Waals surface area contributed by atoms with Gasteiger partial charge in [0.15, 0.2) is 0 Å². The van der Waals surface area contributed by atoms with Crippen molar-refractivity contribution >= 4 is 0 Å². The molecule has 0 aromatic heterocycles. The highest BCUT2D eigenvalue weighted by Crippen LogP contribution is 2.11. The fraction of sp³-hybridized carbons (Fsp3) is 0.889. The zero-order valence-corrected chi connectivity index (χ0v) is 26.4. The summed E-state index contributed by atoms with van der Waals surface area (Å²) in [5, 5.41) is 17.3. The quantitative estimate of drug-likeness (QED) is 0.0707. The van der Waals surface area contributed by atoms with E-state index in [0.29, 0.717) is 13.2 Å². The van der Waals surface area contributed by atoms with Crippen molar-refractivity contribution in [3.05, 3.63) is 24.3 Å². The fourth-order valence-corrected chi connectivity index (χ4v) is 4.72. The third-order valence-electron chi connectivity index (χ3n) is 7.34. The second kappa shape index (κ2) is 40.9. The van der Waals surface area contributed by atoms with Crippen molar-refractivity contribution in [3.63, 3.8) is 0 Å². The van der Waals surface area contributed by atoms with E-state index in [1.165, 1.54) is 167 Å². The molecule has 0 heterocycles. The molecule has 228 valence electrons. The molecule has 0 aliphatic heterocycles. The highest BCUT2D eigenvalue weighted by molar-refractivity contribution is 4.82. The fourth-order valence-electron chi connectivity index (χ4n) is 4.72. The maximum absolute atomic E-state index is 8.66. The van der Waals surface area contributed by atoms with Gasteiger partial charge in [-0.15, -0.1) is 0 Å². The lowest BCUT2D eigenvalue weighted by Crippen LogP contribution is -1.83. The lowest BCUT2D eigenvalue weighted by Gasteiger charge is -1.99. The highest BCUT2D eigenvalue weighted by Gasteiger charge is 1.92. The predicted molar refractivity (Wildman–Crippen MR) is 173 cm³/mol. The molecule has 2 N–H and O–H groups in total. The molecule has 0 fully saturated rings. The molecule has 0 unspecified atom stereocenters. The standard InChI is InChI=1S/2C18H36O/c2*1-2-3-4-5-6-7-8-9-10-11-12-13-14-15-16-17-18-19/h2*9-10,19H,2-8,11-18H2,1H3. The summed E-state index contributed by atoms with van der Waals surface area (Å²) >= 11 is 0. The number of unbranched alkanes of at least 4 members (excludes halogenated alkanes) is 24. The first-order chi connectivity index (χ1) is 18.8. The minimum Gasteiger partial charge on any atom is -0.396 e. The smallest absolute Gasteiger partial charge is 0.0431 e. The van der Waals surface area contributed by atoms with Crippen molar-refractivity contribution in [1.29, 1.82) is 0 Å². The normalized spacial score (nSPS) is 11.5. The SMILES string of the molecule is CCCCCCCCC=CCCCCCCCCO.CCCCCCCCC=CCCCCCCCCO. The lowest BCUT2D eigenvalue weighted by molar-refractivity contribution is 0.282. The van der Waals surface area contributed by atoms with E-state index in [1.807, 2.05) is 0 Å². The summed E-state index contributed by atoms with van der Waals surface area (Å²) < 4.78 is 0. The minimum atomic E-state index is 0.362. The molecule has 0 saturated heterocycles. The Morgan fingerprint density at radius 3 is 0.737 bits per heavy atom. The van der Waals surface area contributed by atoms with Crippen LogP contribution in [0.3, 0.4) is 0 Å². The van der Waals surface area contributed by atoms with Gasteiger partial charge in [0.2, 0.25) is 0 Å². The van der Waals surface area contributed by atoms with Crippen LogP contribution in [0.15, 0.2) is 24.3 Å². The third kappa shape index (κ3) is 42.5. The topological polar surface area (TPSA) is 40.5 Å². The number of rotatable bonds is 30. The van der Waals surface area contributed by atoms with Crippen LogP contribution in [0.1, 0.15) is 194 Å². The monoisotopic (exact) mass is 537 g/mol. The first kappa shape index (κ1) is 39.5. The van der Waals surface area contributed by atoms with Crippen LogP contribution in [-0.4, -0.2) is 23.4 Å². The Morgan fingerprint density at radius 1 is 0.289 bits per heavy atom. The van der Waals surface area contributed by atoms with Gasteiger partial charge in [-0.3, -0.25) is 0 Å². The number of aliphatic hydroxyl groups is 2. The van der Waals surface area contributed by atoms with Crippen molar-refractivity contribution in [2.75, 3.05) is 13.2 Å². The second-order valence-corrected chi connectivity index (χ2v) is 11.3. The summed E-state index contributed by atoms with van der Waals surface area (Å²) in [6.07, 6.45) is 46.4. The largest absolute Gasteiger partial charge is 0.396 e. The maximum Gasteiger partial charge on any atom is 0.0431 e. The van der Waals surface area contributed by atoms with E-state index >= 15 is 0 Å². The lowest BCUT2D eigenvalue weighted by atomic mass is 10.1. The Hall–Kier alpha value is -0.600. The maximum atomic E-state index is 8.66. The van der Waals surface area contributed by atoms with Gasteiger partial charge in [0.1, 0.15) is 0 Å². The van der Waals surface area contributed by atoms with Crippen molar-refractivity contribution in [2.45, 2.75) is 194 Å². The van der Waals surface area contributed by atoms with Gasteiger partial charge in [-0.2, -0.15) is 0 Å². The third-order valence-corrected chi connectivity index (χ3v) is 7.34. The van der Waals surface area contributed by atoms with Gasteiger partial charge in [0.25, 0.3) is 0 Å². The molecule has 0 spiro atoms. The van der Waals surface area contributed by atoms with Crippen LogP contribution in [0.2, 0.25) is 0 Å². The van der Waals surface area contributed by atoms with Gasteiger partial charge in [-0.1, -0.05) is 154 Å². The molecule has 0 aromatic carbocycles. The molecule has 38 heavy (non-hydrogen) atoms. The summed E-state index contributed by atoms with van der Waals surface area (Å²) in [5.74, 6) is 0. The van der Waals surface area contributed by atoms with Gasteiger partial charge in [-0.05, 0) is 64.2 Å². The molecule has 0 bridgehead atoms. The average molecular weight is 537 g/mol. The van der Waals surface area contributed by atoms with Crippen LogP contribution >= 0.6 is 0 Å². The molecule has 2 nitrogen and oxygen atoms in total. The van der Waals surface area contributed by atoms with Gasteiger partial charge in [-0.25, -0.2) is 0 Å². The molecule has 0 aliphatic rings. The number of allylic oxidation sites excluding steroid dienone is 4. The van der Waals surface area contributed by atoms with E-state index in [-0.39, 0.29) is 0 Å². The molecule has 0 amide bonds. The molecule has 2 heteroatoms. The van der Waals surface area contributed by atoms with Gasteiger partial charge in [0.05, 0.1) is 0 Å². The molecule has 0 rings (SSSR count). The zero-order chi connectivity index (χ0) is 28.0. The molecular weight excluding hydrogens is 464 g/mol. The van der Waals surface area contributed by atoms with Crippen molar-refractivity contribution in [3.8, 4) is 0 Å². The summed E-state index contributed by atoms with van der Waals surface area (Å²) in [5.41, 5.74) is 0. The molecular formula is C36H72O2. The molecule has 0 aromatic rings. The van der Waals surface area contributed by atoms with Crippen molar-refractivity contribution in [1.82, 2.24) is 0 Å². The number of hydrogen-bond donors (Lipinski definition) is 2. The number of aliphatic hydroxyl groups excluding tert-OH is 2. The Kier molecular flexibility index (Phi) is 42.5. The van der Waals surface area contributed by atoms with E-state index in [2.05, 4.69) is 38.2 Å². The summed E-state index contributed by atoms with van der Waals surface area (Å²) in [4.78, 5) is 0. The van der Waals surface area contributed by atoms with Crippen LogP contribution < -0.4 is 0 Å². The van der Waals surface area contributed by atoms with E-state index in [1.54, 1.807) is 0 Å². The predicted octanol–water partition coefficient (Wildman–Crippen LogP) is 12.0. The summed E-state index contributed by atoms with van der Waals surface area (Å²) in [6.45, 7) is 5.27. The van der Waals surface area contributed by atoms with Crippen LogP contribution in [0.4, 0.5) is 0 Å². The van der Waals surface area contributed by atoms with Gasteiger partial charge in [0, 0.05) is 13.2 Å². The Morgan fingerprint density at radius 2 is 0.500 bits per heavy atom. The molecule has 0 aliphatic carbocycles. The molecule has 0 radical (unpaired) electrons. The van der Waals surface area contributed by atoms with E-state index in [9.17, 15) is 0 Å². The minimum absolute atomic E-state index is 0.362. The molecule has 0 saturated carbocycles. The van der Waals surface area contributed by atoms with E-state index in [0.717, 1.165) is 12.8 Å². The Labute approximate surface area is 241 Å². The van der Waals surface area contributed by atoms with Crippen LogP contribution in [0.25, 0.3) is 0 Å². The Bertz CT molecular complexity index is 389. The second-order valence-electron chi connectivity index (χ2n) is 11.3. The average Bonchev–Trinajstić information content (AvgIpc) is 2.93. The van der Waals surface area contributed by atoms with Crippen LogP contribution in [0, 0.1) is 0 Å². The van der Waals surface area contributed by atoms with Gasteiger partial charge < -0.3 is 10.2 Å². The van der Waals surface area contributed by atoms with Gasteiger partial charge >= 0.3 is 0 Å². The first-order valence-electron chi connectivity index (χ1n) is 17.3. The van der Waals surface area contributed by atoms with Crippen molar-refractivity contribution < 1.29 is 10.2 Å². The zero-order valence-electron chi connectivity index (χ0n) is 26.4. The van der Waals surface area contributed by atoms with E-state index in [4.69, 9.17) is 10.2 Å². The molecule has 0 atom stereocenters. The van der Waals surface area contributed by atoms with Crippen LogP contribution in [0.5, 0.6) is 0 Å². The number of hydrogen-bond acceptors (Lipinski definition) is 2. The van der Waals surface area contributed by atoms with Crippen LogP contribution in [-0.2, 0) is 0 Å². The van der Waals surface area contributed by atoms with E-state index < -0.39 is 0 Å². The first-order valence-corrected chi connectivity index (χ1v) is 17.3. The summed E-state index contributed by atoms with van der Waals surface area (Å²) in [7, 11) is 0. The van der Waals surface area contributed by atoms with Crippen molar-refractivity contribution in [2.24, 2.45) is 0 Å².